The van der Waals surface area contributed by atoms with E-state index in [1.54, 1.807) is 0 Å². The van der Waals surface area contributed by atoms with Gasteiger partial charge in [-0.3, -0.25) is 4.79 Å². The van der Waals surface area contributed by atoms with E-state index < -0.39 is 20.3 Å². The fourth-order valence-corrected chi connectivity index (χ4v) is 4.12. The molecule has 102 valence electrons. The Labute approximate surface area is 104 Å². The van der Waals surface area contributed by atoms with Crippen LogP contribution in [0.4, 0.5) is 0 Å². The zero-order valence-electron chi connectivity index (χ0n) is 11.2. The van der Waals surface area contributed by atoms with Crippen LogP contribution in [-0.4, -0.2) is 41.2 Å². The van der Waals surface area contributed by atoms with Crippen LogP contribution in [0, 0.1) is 0 Å². The molecule has 0 aliphatic heterocycles. The Morgan fingerprint density at radius 2 is 1.65 bits per heavy atom. The minimum atomic E-state index is -3.07. The van der Waals surface area contributed by atoms with E-state index in [0.717, 1.165) is 25.7 Å². The number of carbonyl (C=O) groups is 1. The summed E-state index contributed by atoms with van der Waals surface area (Å²) in [5.74, 6) is -0.904. The van der Waals surface area contributed by atoms with Crippen molar-refractivity contribution in [3.8, 4) is 0 Å². The van der Waals surface area contributed by atoms with Gasteiger partial charge in [-0.1, -0.05) is 32.6 Å². The lowest BCUT2D eigenvalue weighted by Crippen LogP contribution is -2.50. The standard InChI is InChI=1S/C11H24O5Si/c1-5-6-7-8-9-10(11(12)13)17(14-2,15-3)16-4/h10H,5-9H2,1-4H3,(H,12,13). The van der Waals surface area contributed by atoms with Gasteiger partial charge >= 0.3 is 14.8 Å². The van der Waals surface area contributed by atoms with Crippen LogP contribution in [0.2, 0.25) is 5.54 Å². The topological polar surface area (TPSA) is 65.0 Å². The van der Waals surface area contributed by atoms with Gasteiger partial charge < -0.3 is 18.4 Å². The Bertz CT molecular complexity index is 210. The van der Waals surface area contributed by atoms with E-state index in [0.29, 0.717) is 6.42 Å². The average Bonchev–Trinajstić information content (AvgIpc) is 2.34. The van der Waals surface area contributed by atoms with Gasteiger partial charge in [-0.05, 0) is 6.42 Å². The summed E-state index contributed by atoms with van der Waals surface area (Å²) in [7, 11) is 1.27. The quantitative estimate of drug-likeness (QED) is 0.484. The number of unbranched alkanes of at least 4 members (excludes halogenated alkanes) is 3. The van der Waals surface area contributed by atoms with E-state index in [4.69, 9.17) is 13.3 Å². The highest BCUT2D eigenvalue weighted by Gasteiger charge is 2.51. The lowest BCUT2D eigenvalue weighted by molar-refractivity contribution is -0.138. The molecule has 0 spiro atoms. The number of carboxylic acid groups (broad SMARTS) is 1. The second-order valence-corrected chi connectivity index (χ2v) is 7.08. The summed E-state index contributed by atoms with van der Waals surface area (Å²) in [5, 5.41) is 9.25. The number of hydrogen-bond acceptors (Lipinski definition) is 4. The van der Waals surface area contributed by atoms with Crippen molar-refractivity contribution in [1.82, 2.24) is 0 Å². The number of aliphatic carboxylic acids is 1. The Morgan fingerprint density at radius 1 is 1.12 bits per heavy atom. The van der Waals surface area contributed by atoms with Gasteiger partial charge in [0, 0.05) is 21.3 Å². The molecule has 0 aromatic heterocycles. The first-order valence-electron chi connectivity index (χ1n) is 5.96. The van der Waals surface area contributed by atoms with Crippen LogP contribution in [-0.2, 0) is 18.1 Å². The van der Waals surface area contributed by atoms with Crippen molar-refractivity contribution in [2.45, 2.75) is 44.6 Å². The van der Waals surface area contributed by atoms with Gasteiger partial charge in [0.25, 0.3) is 0 Å². The number of rotatable bonds is 10. The van der Waals surface area contributed by atoms with E-state index in [1.807, 2.05) is 0 Å². The molecule has 0 aliphatic rings. The summed E-state index contributed by atoms with van der Waals surface area (Å²) in [6.45, 7) is 2.12. The highest BCUT2D eigenvalue weighted by atomic mass is 28.4. The molecule has 0 saturated heterocycles. The zero-order valence-corrected chi connectivity index (χ0v) is 12.2. The van der Waals surface area contributed by atoms with Gasteiger partial charge in [0.1, 0.15) is 5.54 Å². The summed E-state index contributed by atoms with van der Waals surface area (Å²) >= 11 is 0. The highest BCUT2D eigenvalue weighted by Crippen LogP contribution is 2.30. The molecule has 5 nitrogen and oxygen atoms in total. The highest BCUT2D eigenvalue weighted by molar-refractivity contribution is 6.66. The Kier molecular flexibility index (Phi) is 8.41. The van der Waals surface area contributed by atoms with Crippen LogP contribution in [0.15, 0.2) is 0 Å². The van der Waals surface area contributed by atoms with E-state index in [1.165, 1.54) is 21.3 Å². The van der Waals surface area contributed by atoms with Gasteiger partial charge in [-0.15, -0.1) is 0 Å². The van der Waals surface area contributed by atoms with Crippen molar-refractivity contribution in [3.63, 3.8) is 0 Å². The molecule has 0 fully saturated rings. The van der Waals surface area contributed by atoms with Crippen molar-refractivity contribution in [2.24, 2.45) is 0 Å². The molecule has 0 radical (unpaired) electrons. The maximum absolute atomic E-state index is 11.3. The maximum atomic E-state index is 11.3. The monoisotopic (exact) mass is 264 g/mol. The van der Waals surface area contributed by atoms with Crippen molar-refractivity contribution in [3.05, 3.63) is 0 Å². The predicted molar refractivity (Wildman–Crippen MR) is 66.9 cm³/mol. The average molecular weight is 264 g/mol. The predicted octanol–water partition coefficient (Wildman–Crippen LogP) is 2.29. The van der Waals surface area contributed by atoms with Gasteiger partial charge in [-0.2, -0.15) is 0 Å². The molecule has 0 aromatic carbocycles. The Balaban J connectivity index is 4.53. The number of hydrogen-bond donors (Lipinski definition) is 1. The molecule has 0 heterocycles. The van der Waals surface area contributed by atoms with E-state index in [9.17, 15) is 9.90 Å². The van der Waals surface area contributed by atoms with Crippen LogP contribution in [0.25, 0.3) is 0 Å². The van der Waals surface area contributed by atoms with Crippen LogP contribution >= 0.6 is 0 Å². The smallest absolute Gasteiger partial charge is 0.481 e. The van der Waals surface area contributed by atoms with Gasteiger partial charge in [0.05, 0.1) is 0 Å². The first-order chi connectivity index (χ1) is 8.07. The molecule has 0 bridgehead atoms. The summed E-state index contributed by atoms with van der Waals surface area (Å²) in [5.41, 5.74) is -0.681. The second kappa shape index (κ2) is 8.63. The first kappa shape index (κ1) is 16.6. The van der Waals surface area contributed by atoms with E-state index >= 15 is 0 Å². The largest absolute Gasteiger partial charge is 0.514 e. The van der Waals surface area contributed by atoms with Crippen molar-refractivity contribution < 1.29 is 23.2 Å². The number of carboxylic acids is 1. The van der Waals surface area contributed by atoms with Crippen LogP contribution in [0.5, 0.6) is 0 Å². The summed E-state index contributed by atoms with van der Waals surface area (Å²) in [6, 6.07) is 0. The van der Waals surface area contributed by atoms with E-state index in [2.05, 4.69) is 6.92 Å². The molecule has 0 amide bonds. The molecule has 6 heteroatoms. The molecule has 0 aromatic rings. The summed E-state index contributed by atoms with van der Waals surface area (Å²) < 4.78 is 15.7. The van der Waals surface area contributed by atoms with Gasteiger partial charge in [0.2, 0.25) is 0 Å². The van der Waals surface area contributed by atoms with Gasteiger partial charge in [-0.25, -0.2) is 0 Å². The summed E-state index contributed by atoms with van der Waals surface area (Å²) in [6.07, 6.45) is 4.67. The maximum Gasteiger partial charge on any atom is 0.514 e. The fraction of sp³-hybridized carbons (Fsp3) is 0.909. The molecule has 1 atom stereocenters. The second-order valence-electron chi connectivity index (χ2n) is 3.96. The van der Waals surface area contributed by atoms with Crippen LogP contribution in [0.3, 0.4) is 0 Å². The minimum Gasteiger partial charge on any atom is -0.481 e. The molecule has 0 rings (SSSR count). The Hall–Kier alpha value is -0.433. The molecule has 0 aliphatic carbocycles. The third kappa shape index (κ3) is 4.75. The molecule has 1 N–H and O–H groups in total. The molecular formula is C11H24O5Si. The Morgan fingerprint density at radius 3 is 2.00 bits per heavy atom. The van der Waals surface area contributed by atoms with E-state index in [-0.39, 0.29) is 0 Å². The normalized spacial score (nSPS) is 13.6. The zero-order chi connectivity index (χ0) is 13.3. The van der Waals surface area contributed by atoms with Crippen molar-refractivity contribution >= 4 is 14.8 Å². The van der Waals surface area contributed by atoms with Crippen LogP contribution in [0.1, 0.15) is 39.0 Å². The third-order valence-corrected chi connectivity index (χ3v) is 6.02. The molecule has 17 heavy (non-hydrogen) atoms. The lowest BCUT2D eigenvalue weighted by atomic mass is 10.1. The lowest BCUT2D eigenvalue weighted by Gasteiger charge is -2.29. The van der Waals surface area contributed by atoms with Crippen molar-refractivity contribution in [2.75, 3.05) is 21.3 Å². The van der Waals surface area contributed by atoms with Crippen molar-refractivity contribution in [1.29, 1.82) is 0 Å². The summed E-state index contributed by atoms with van der Waals surface area (Å²) in [4.78, 5) is 11.3. The van der Waals surface area contributed by atoms with Crippen LogP contribution < -0.4 is 0 Å². The third-order valence-electron chi connectivity index (χ3n) is 2.92. The molecular weight excluding hydrogens is 240 g/mol. The SMILES string of the molecule is CCCCCCC(C(=O)O)[Si](OC)(OC)OC. The fourth-order valence-electron chi connectivity index (χ4n) is 1.90. The minimum absolute atomic E-state index is 0.539. The molecule has 0 saturated carbocycles. The first-order valence-corrected chi connectivity index (χ1v) is 7.76. The molecule has 1 unspecified atom stereocenters. The van der Waals surface area contributed by atoms with Gasteiger partial charge in [0.15, 0.2) is 0 Å².